The van der Waals surface area contributed by atoms with Gasteiger partial charge in [-0.2, -0.15) is 0 Å². The maximum atomic E-state index is 6.08. The maximum Gasteiger partial charge on any atom is 0.154 e. The lowest BCUT2D eigenvalue weighted by Crippen LogP contribution is -2.28. The van der Waals surface area contributed by atoms with Crippen molar-refractivity contribution in [1.82, 2.24) is 14.5 Å². The number of nitrogens with zero attached hydrogens (tertiary/aromatic N) is 2. The van der Waals surface area contributed by atoms with E-state index in [0.29, 0.717) is 0 Å². The Bertz CT molecular complexity index is 728. The number of H-pyrrole nitrogens is 1. The van der Waals surface area contributed by atoms with Gasteiger partial charge in [0.25, 0.3) is 0 Å². The van der Waals surface area contributed by atoms with E-state index in [1.807, 2.05) is 39.2 Å². The normalized spacial score (nSPS) is 12.2. The molecule has 1 aromatic carbocycles. The smallest absolute Gasteiger partial charge is 0.154 e. The number of aromatic nitrogens is 3. The zero-order chi connectivity index (χ0) is 13.6. The van der Waals surface area contributed by atoms with Crippen molar-refractivity contribution in [2.75, 3.05) is 0 Å². The molecule has 0 saturated heterocycles. The van der Waals surface area contributed by atoms with E-state index >= 15 is 0 Å². The summed E-state index contributed by atoms with van der Waals surface area (Å²) in [4.78, 5) is 7.77. The fourth-order valence-electron chi connectivity index (χ4n) is 2.29. The molecule has 0 aliphatic heterocycles. The van der Waals surface area contributed by atoms with Gasteiger partial charge < -0.3 is 15.3 Å². The van der Waals surface area contributed by atoms with Gasteiger partial charge in [-0.3, -0.25) is 0 Å². The van der Waals surface area contributed by atoms with Gasteiger partial charge in [0.1, 0.15) is 0 Å². The first-order valence-corrected chi connectivity index (χ1v) is 6.36. The van der Waals surface area contributed by atoms with Crippen LogP contribution < -0.4 is 5.73 Å². The molecule has 3 aromatic rings. The summed E-state index contributed by atoms with van der Waals surface area (Å²) in [5.74, 6) is 0.854. The number of benzene rings is 1. The van der Waals surface area contributed by atoms with Crippen LogP contribution in [0.1, 0.15) is 19.5 Å². The van der Waals surface area contributed by atoms with Crippen molar-refractivity contribution in [3.63, 3.8) is 0 Å². The molecule has 0 atom stereocenters. The van der Waals surface area contributed by atoms with E-state index in [-0.39, 0.29) is 0 Å². The molecule has 3 rings (SSSR count). The highest BCUT2D eigenvalue weighted by atomic mass is 15.0. The summed E-state index contributed by atoms with van der Waals surface area (Å²) >= 11 is 0. The average molecular weight is 254 g/mol. The number of imidazole rings is 1. The molecule has 0 bridgehead atoms. The van der Waals surface area contributed by atoms with E-state index in [1.54, 1.807) is 0 Å². The second kappa shape index (κ2) is 3.96. The third kappa shape index (κ3) is 1.94. The Balaban J connectivity index is 2.14. The summed E-state index contributed by atoms with van der Waals surface area (Å²) in [7, 11) is 2.05. The lowest BCUT2D eigenvalue weighted by atomic mass is 10.0. The van der Waals surface area contributed by atoms with Gasteiger partial charge in [-0.1, -0.05) is 18.2 Å². The second-order valence-corrected chi connectivity index (χ2v) is 5.51. The van der Waals surface area contributed by atoms with Crippen molar-refractivity contribution in [3.8, 4) is 11.5 Å². The number of hydrogen-bond acceptors (Lipinski definition) is 2. The molecule has 0 fully saturated rings. The van der Waals surface area contributed by atoms with Gasteiger partial charge in [0, 0.05) is 18.0 Å². The number of aromatic amines is 1. The SMILES string of the molecule is Cn1c(-c2ncc(C(C)(C)N)[nH]2)cc2ccccc21. The number of aryl methyl sites for hydroxylation is 1. The lowest BCUT2D eigenvalue weighted by molar-refractivity contribution is 0.538. The highest BCUT2D eigenvalue weighted by Crippen LogP contribution is 2.26. The summed E-state index contributed by atoms with van der Waals surface area (Å²) in [5.41, 5.74) is 8.88. The number of hydrogen-bond donors (Lipinski definition) is 2. The van der Waals surface area contributed by atoms with E-state index in [2.05, 4.69) is 32.7 Å². The zero-order valence-corrected chi connectivity index (χ0v) is 11.4. The van der Waals surface area contributed by atoms with Gasteiger partial charge in [-0.15, -0.1) is 0 Å². The minimum atomic E-state index is -0.407. The van der Waals surface area contributed by atoms with E-state index in [0.717, 1.165) is 17.2 Å². The van der Waals surface area contributed by atoms with E-state index in [9.17, 15) is 0 Å². The van der Waals surface area contributed by atoms with E-state index < -0.39 is 5.54 Å². The molecule has 98 valence electrons. The van der Waals surface area contributed by atoms with Crippen LogP contribution in [0, 0.1) is 0 Å². The first-order valence-electron chi connectivity index (χ1n) is 6.36. The van der Waals surface area contributed by atoms with Gasteiger partial charge in [0.15, 0.2) is 5.82 Å². The minimum absolute atomic E-state index is 0.407. The number of nitrogens with two attached hydrogens (primary N) is 1. The molecule has 0 aliphatic carbocycles. The largest absolute Gasteiger partial charge is 0.341 e. The molecular formula is C15H18N4. The van der Waals surface area contributed by atoms with Gasteiger partial charge >= 0.3 is 0 Å². The fourth-order valence-corrected chi connectivity index (χ4v) is 2.29. The Kier molecular flexibility index (Phi) is 2.50. The van der Waals surface area contributed by atoms with Gasteiger partial charge in [0.2, 0.25) is 0 Å². The number of nitrogens with one attached hydrogen (secondary N) is 1. The predicted octanol–water partition coefficient (Wildman–Crippen LogP) is 2.76. The van der Waals surface area contributed by atoms with Crippen molar-refractivity contribution in [2.24, 2.45) is 12.8 Å². The maximum absolute atomic E-state index is 6.08. The van der Waals surface area contributed by atoms with E-state index in [1.165, 1.54) is 10.9 Å². The van der Waals surface area contributed by atoms with Crippen LogP contribution >= 0.6 is 0 Å². The molecule has 0 amide bonds. The molecule has 19 heavy (non-hydrogen) atoms. The van der Waals surface area contributed by atoms with Crippen LogP contribution in [-0.2, 0) is 12.6 Å². The van der Waals surface area contributed by atoms with Crippen molar-refractivity contribution in [3.05, 3.63) is 42.2 Å². The molecule has 0 spiro atoms. The molecule has 0 saturated carbocycles. The standard InChI is InChI=1S/C15H18N4/c1-15(2,16)13-9-17-14(18-13)12-8-10-6-4-5-7-11(10)19(12)3/h4-9H,16H2,1-3H3,(H,17,18). The molecular weight excluding hydrogens is 236 g/mol. The highest BCUT2D eigenvalue weighted by molar-refractivity contribution is 5.85. The van der Waals surface area contributed by atoms with Crippen LogP contribution in [0.5, 0.6) is 0 Å². The average Bonchev–Trinajstić information content (AvgIpc) is 2.94. The summed E-state index contributed by atoms with van der Waals surface area (Å²) in [6.07, 6.45) is 1.81. The Morgan fingerprint density at radius 3 is 2.63 bits per heavy atom. The highest BCUT2D eigenvalue weighted by Gasteiger charge is 2.18. The molecule has 4 nitrogen and oxygen atoms in total. The molecule has 2 heterocycles. The van der Waals surface area contributed by atoms with Crippen LogP contribution in [0.4, 0.5) is 0 Å². The fraction of sp³-hybridized carbons (Fsp3) is 0.267. The van der Waals surface area contributed by atoms with Gasteiger partial charge in [-0.05, 0) is 26.0 Å². The van der Waals surface area contributed by atoms with Crippen LogP contribution in [0.15, 0.2) is 36.5 Å². The molecule has 4 heteroatoms. The Labute approximate surface area is 112 Å². The second-order valence-electron chi connectivity index (χ2n) is 5.51. The van der Waals surface area contributed by atoms with Crippen LogP contribution in [0.25, 0.3) is 22.4 Å². The number of para-hydroxylation sites is 1. The summed E-state index contributed by atoms with van der Waals surface area (Å²) in [5, 5.41) is 1.21. The van der Waals surface area contributed by atoms with Crippen molar-refractivity contribution < 1.29 is 0 Å². The van der Waals surface area contributed by atoms with Gasteiger partial charge in [0.05, 0.1) is 23.1 Å². The summed E-state index contributed by atoms with van der Waals surface area (Å²) in [6.45, 7) is 3.93. The first kappa shape index (κ1) is 12.0. The monoisotopic (exact) mass is 254 g/mol. The van der Waals surface area contributed by atoms with Crippen LogP contribution in [0.3, 0.4) is 0 Å². The minimum Gasteiger partial charge on any atom is -0.341 e. The molecule has 0 radical (unpaired) electrons. The predicted molar refractivity (Wildman–Crippen MR) is 77.7 cm³/mol. The van der Waals surface area contributed by atoms with Crippen molar-refractivity contribution in [2.45, 2.75) is 19.4 Å². The number of fused-ring (bicyclic) bond motifs is 1. The van der Waals surface area contributed by atoms with E-state index in [4.69, 9.17) is 5.73 Å². The quantitative estimate of drug-likeness (QED) is 0.738. The molecule has 3 N–H and O–H groups in total. The Morgan fingerprint density at radius 2 is 2.00 bits per heavy atom. The Morgan fingerprint density at radius 1 is 1.26 bits per heavy atom. The third-order valence-electron chi connectivity index (χ3n) is 3.46. The molecule has 0 aliphatic rings. The third-order valence-corrected chi connectivity index (χ3v) is 3.46. The van der Waals surface area contributed by atoms with Crippen molar-refractivity contribution >= 4 is 10.9 Å². The van der Waals surface area contributed by atoms with Crippen LogP contribution in [-0.4, -0.2) is 14.5 Å². The van der Waals surface area contributed by atoms with Gasteiger partial charge in [-0.25, -0.2) is 4.98 Å². The topological polar surface area (TPSA) is 59.6 Å². The lowest BCUT2D eigenvalue weighted by Gasteiger charge is -2.15. The summed E-state index contributed by atoms with van der Waals surface area (Å²) in [6, 6.07) is 10.4. The molecule has 0 unspecified atom stereocenters. The zero-order valence-electron chi connectivity index (χ0n) is 11.4. The number of rotatable bonds is 2. The Hall–Kier alpha value is -2.07. The van der Waals surface area contributed by atoms with Crippen molar-refractivity contribution in [1.29, 1.82) is 0 Å². The summed E-state index contributed by atoms with van der Waals surface area (Å²) < 4.78 is 2.14. The molecule has 2 aromatic heterocycles. The first-order chi connectivity index (χ1) is 8.97. The van der Waals surface area contributed by atoms with Crippen LogP contribution in [0.2, 0.25) is 0 Å².